The Morgan fingerprint density at radius 3 is 2.38 bits per heavy atom. The van der Waals surface area contributed by atoms with E-state index in [1.807, 2.05) is 0 Å². The molecule has 0 aromatic rings. The number of hydrogen-bond acceptors (Lipinski definition) is 7. The van der Waals surface area contributed by atoms with E-state index < -0.39 is 5.97 Å². The van der Waals surface area contributed by atoms with Crippen LogP contribution in [0.25, 0.3) is 0 Å². The SMILES string of the molecule is C=C(C)OCOCCOC(=O)C1CCCC(OCCOC(=O)C(=C)C)C1. The topological polar surface area (TPSA) is 80.3 Å². The smallest absolute Gasteiger partial charge is 0.333 e. The van der Waals surface area contributed by atoms with Crippen molar-refractivity contribution in [1.29, 1.82) is 0 Å². The van der Waals surface area contributed by atoms with Crippen molar-refractivity contribution in [2.24, 2.45) is 5.92 Å². The molecule has 7 nitrogen and oxygen atoms in total. The third-order valence-corrected chi connectivity index (χ3v) is 3.84. The van der Waals surface area contributed by atoms with E-state index in [9.17, 15) is 9.59 Å². The number of esters is 2. The molecule has 0 aromatic heterocycles. The van der Waals surface area contributed by atoms with Crippen molar-refractivity contribution in [3.05, 3.63) is 24.5 Å². The average molecular weight is 370 g/mol. The van der Waals surface area contributed by atoms with Crippen molar-refractivity contribution in [2.45, 2.75) is 45.6 Å². The van der Waals surface area contributed by atoms with Crippen molar-refractivity contribution in [3.8, 4) is 0 Å². The van der Waals surface area contributed by atoms with Gasteiger partial charge in [-0.15, -0.1) is 0 Å². The second-order valence-corrected chi connectivity index (χ2v) is 6.31. The summed E-state index contributed by atoms with van der Waals surface area (Å²) in [4.78, 5) is 23.4. The van der Waals surface area contributed by atoms with Gasteiger partial charge in [-0.05, 0) is 33.1 Å². The lowest BCUT2D eigenvalue weighted by Crippen LogP contribution is -2.30. The largest absolute Gasteiger partial charge is 0.473 e. The highest BCUT2D eigenvalue weighted by Gasteiger charge is 2.28. The molecule has 2 atom stereocenters. The molecule has 0 amide bonds. The van der Waals surface area contributed by atoms with Crippen LogP contribution in [0, 0.1) is 5.92 Å². The number of allylic oxidation sites excluding steroid dienone is 1. The number of hydrogen-bond donors (Lipinski definition) is 0. The van der Waals surface area contributed by atoms with Crippen molar-refractivity contribution < 1.29 is 33.3 Å². The van der Waals surface area contributed by atoms with Gasteiger partial charge in [-0.1, -0.05) is 19.6 Å². The molecule has 1 saturated carbocycles. The molecule has 0 saturated heterocycles. The molecule has 0 N–H and O–H groups in total. The van der Waals surface area contributed by atoms with E-state index in [-0.39, 0.29) is 44.6 Å². The fourth-order valence-corrected chi connectivity index (χ4v) is 2.50. The lowest BCUT2D eigenvalue weighted by molar-refractivity contribution is -0.154. The van der Waals surface area contributed by atoms with Crippen molar-refractivity contribution in [2.75, 3.05) is 33.2 Å². The quantitative estimate of drug-likeness (QED) is 0.172. The average Bonchev–Trinajstić information content (AvgIpc) is 2.61. The Bertz CT molecular complexity index is 486. The van der Waals surface area contributed by atoms with Crippen LogP contribution in [-0.2, 0) is 33.3 Å². The van der Waals surface area contributed by atoms with Gasteiger partial charge in [0.25, 0.3) is 0 Å². The molecular formula is C19H30O7. The number of ether oxygens (including phenoxy) is 5. The highest BCUT2D eigenvalue weighted by atomic mass is 16.7. The van der Waals surface area contributed by atoms with Gasteiger partial charge in [0.1, 0.15) is 13.2 Å². The Morgan fingerprint density at radius 1 is 0.962 bits per heavy atom. The monoisotopic (exact) mass is 370 g/mol. The van der Waals surface area contributed by atoms with Gasteiger partial charge >= 0.3 is 11.9 Å². The lowest BCUT2D eigenvalue weighted by atomic mass is 9.87. The maximum absolute atomic E-state index is 12.1. The molecule has 0 spiro atoms. The molecule has 1 rings (SSSR count). The Hall–Kier alpha value is -1.86. The van der Waals surface area contributed by atoms with E-state index in [2.05, 4.69) is 13.2 Å². The van der Waals surface area contributed by atoms with Gasteiger partial charge in [-0.3, -0.25) is 4.79 Å². The second-order valence-electron chi connectivity index (χ2n) is 6.31. The van der Waals surface area contributed by atoms with Crippen molar-refractivity contribution >= 4 is 11.9 Å². The van der Waals surface area contributed by atoms with Gasteiger partial charge in [0.15, 0.2) is 6.79 Å². The van der Waals surface area contributed by atoms with Crippen LogP contribution >= 0.6 is 0 Å². The zero-order valence-corrected chi connectivity index (χ0v) is 15.8. The summed E-state index contributed by atoms with van der Waals surface area (Å²) >= 11 is 0. The van der Waals surface area contributed by atoms with E-state index in [1.165, 1.54) is 0 Å². The molecular weight excluding hydrogens is 340 g/mol. The normalized spacial score (nSPS) is 19.5. The Morgan fingerprint density at radius 2 is 1.69 bits per heavy atom. The van der Waals surface area contributed by atoms with Gasteiger partial charge in [0.05, 0.1) is 31.0 Å². The van der Waals surface area contributed by atoms with E-state index in [0.29, 0.717) is 24.4 Å². The molecule has 1 aliphatic rings. The summed E-state index contributed by atoms with van der Waals surface area (Å²) in [6.45, 7) is 11.5. The molecule has 148 valence electrons. The predicted molar refractivity (Wildman–Crippen MR) is 95.1 cm³/mol. The van der Waals surface area contributed by atoms with Crippen LogP contribution in [0.15, 0.2) is 24.5 Å². The Kier molecular flexibility index (Phi) is 10.7. The van der Waals surface area contributed by atoms with E-state index >= 15 is 0 Å². The second kappa shape index (κ2) is 12.5. The highest BCUT2D eigenvalue weighted by molar-refractivity contribution is 5.86. The summed E-state index contributed by atoms with van der Waals surface area (Å²) in [6, 6.07) is 0. The van der Waals surface area contributed by atoms with E-state index in [4.69, 9.17) is 23.7 Å². The molecule has 26 heavy (non-hydrogen) atoms. The van der Waals surface area contributed by atoms with E-state index in [1.54, 1.807) is 13.8 Å². The Labute approximate surface area is 155 Å². The summed E-state index contributed by atoms with van der Waals surface area (Å²) in [5, 5.41) is 0. The van der Waals surface area contributed by atoms with Gasteiger partial charge < -0.3 is 23.7 Å². The lowest BCUT2D eigenvalue weighted by Gasteiger charge is -2.27. The maximum atomic E-state index is 12.1. The maximum Gasteiger partial charge on any atom is 0.333 e. The first-order valence-corrected chi connectivity index (χ1v) is 8.87. The van der Waals surface area contributed by atoms with Crippen molar-refractivity contribution in [3.63, 3.8) is 0 Å². The molecule has 0 aromatic carbocycles. The molecule has 7 heteroatoms. The first-order chi connectivity index (χ1) is 12.4. The third kappa shape index (κ3) is 9.58. The molecule has 1 fully saturated rings. The number of carbonyl (C=O) groups excluding carboxylic acids is 2. The summed E-state index contributed by atoms with van der Waals surface area (Å²) in [6.07, 6.45) is 3.18. The first-order valence-electron chi connectivity index (χ1n) is 8.87. The summed E-state index contributed by atoms with van der Waals surface area (Å²) in [7, 11) is 0. The standard InChI is InChI=1S/C19H30O7/c1-14(2)18(20)24-11-10-23-17-7-5-6-16(12-17)19(21)25-9-8-22-13-26-15(3)4/h16-17H,1,3,5-13H2,2,4H3. The van der Waals surface area contributed by atoms with E-state index in [0.717, 1.165) is 19.3 Å². The van der Waals surface area contributed by atoms with Crippen LogP contribution in [0.1, 0.15) is 39.5 Å². The minimum Gasteiger partial charge on any atom is -0.473 e. The van der Waals surface area contributed by atoms with Crippen LogP contribution in [0.2, 0.25) is 0 Å². The first kappa shape index (κ1) is 22.2. The number of rotatable bonds is 12. The van der Waals surface area contributed by atoms with Gasteiger partial charge in [-0.25, -0.2) is 4.79 Å². The van der Waals surface area contributed by atoms with Crippen LogP contribution in [0.4, 0.5) is 0 Å². The van der Waals surface area contributed by atoms with Crippen LogP contribution < -0.4 is 0 Å². The molecule has 0 heterocycles. The van der Waals surface area contributed by atoms with Gasteiger partial charge in [-0.2, -0.15) is 0 Å². The fourth-order valence-electron chi connectivity index (χ4n) is 2.50. The highest BCUT2D eigenvalue weighted by Crippen LogP contribution is 2.27. The summed E-state index contributed by atoms with van der Waals surface area (Å²) < 4.78 is 26.2. The molecule has 1 aliphatic carbocycles. The van der Waals surface area contributed by atoms with Gasteiger partial charge in [0.2, 0.25) is 0 Å². The fraction of sp³-hybridized carbons (Fsp3) is 0.684. The number of carbonyl (C=O) groups is 2. The van der Waals surface area contributed by atoms with Crippen LogP contribution in [0.3, 0.4) is 0 Å². The molecule has 0 bridgehead atoms. The zero-order chi connectivity index (χ0) is 19.4. The summed E-state index contributed by atoms with van der Waals surface area (Å²) in [5.41, 5.74) is 0.362. The van der Waals surface area contributed by atoms with Crippen molar-refractivity contribution in [1.82, 2.24) is 0 Å². The third-order valence-electron chi connectivity index (χ3n) is 3.84. The Balaban J connectivity index is 2.15. The molecule has 2 unspecified atom stereocenters. The minimum absolute atomic E-state index is 0.0231. The zero-order valence-electron chi connectivity index (χ0n) is 15.8. The molecule has 0 radical (unpaired) electrons. The molecule has 0 aliphatic heterocycles. The minimum atomic E-state index is -0.422. The predicted octanol–water partition coefficient (Wildman–Crippen LogP) is 2.75. The van der Waals surface area contributed by atoms with Crippen LogP contribution in [0.5, 0.6) is 0 Å². The van der Waals surface area contributed by atoms with Gasteiger partial charge in [0, 0.05) is 5.57 Å². The summed E-state index contributed by atoms with van der Waals surface area (Å²) in [5.74, 6) is -0.242. The van der Waals surface area contributed by atoms with Crippen LogP contribution in [-0.4, -0.2) is 51.3 Å².